The number of nitrogens with zero attached hydrogens (tertiary/aromatic N) is 1. The highest BCUT2D eigenvalue weighted by Crippen LogP contribution is 2.27. The Morgan fingerprint density at radius 1 is 1.58 bits per heavy atom. The number of likely N-dealkylation sites (tertiary alicyclic amines) is 1. The second kappa shape index (κ2) is 5.93. The van der Waals surface area contributed by atoms with E-state index >= 15 is 0 Å². The van der Waals surface area contributed by atoms with E-state index in [0.717, 1.165) is 12.8 Å². The van der Waals surface area contributed by atoms with Crippen LogP contribution in [0.15, 0.2) is 18.2 Å². The van der Waals surface area contributed by atoms with Gasteiger partial charge in [0.1, 0.15) is 11.3 Å². The molecule has 5 heteroatoms. The fourth-order valence-corrected chi connectivity index (χ4v) is 2.50. The number of aliphatic hydroxyl groups is 1. The summed E-state index contributed by atoms with van der Waals surface area (Å²) in [5.74, 6) is 0.540. The van der Waals surface area contributed by atoms with E-state index in [1.807, 2.05) is 0 Å². The number of anilines is 1. The van der Waals surface area contributed by atoms with Crippen LogP contribution >= 0.6 is 0 Å². The molecule has 1 heterocycles. The summed E-state index contributed by atoms with van der Waals surface area (Å²) >= 11 is 0. The van der Waals surface area contributed by atoms with E-state index in [9.17, 15) is 9.90 Å². The third-order valence-corrected chi connectivity index (χ3v) is 3.56. The van der Waals surface area contributed by atoms with Crippen molar-refractivity contribution in [2.24, 2.45) is 5.92 Å². The van der Waals surface area contributed by atoms with Crippen LogP contribution in [0.25, 0.3) is 0 Å². The summed E-state index contributed by atoms with van der Waals surface area (Å²) in [5.41, 5.74) is 6.74. The van der Waals surface area contributed by atoms with Crippen molar-refractivity contribution in [1.82, 2.24) is 4.90 Å². The lowest BCUT2D eigenvalue weighted by molar-refractivity contribution is 0.0618. The third kappa shape index (κ3) is 2.81. The van der Waals surface area contributed by atoms with Gasteiger partial charge in [-0.1, -0.05) is 6.07 Å². The molecule has 0 aliphatic carbocycles. The minimum Gasteiger partial charge on any atom is -0.496 e. The Morgan fingerprint density at radius 2 is 2.37 bits per heavy atom. The molecule has 19 heavy (non-hydrogen) atoms. The fraction of sp³-hybridized carbons (Fsp3) is 0.500. The molecule has 1 aromatic rings. The molecule has 2 rings (SSSR count). The second-order valence-electron chi connectivity index (χ2n) is 4.87. The first kappa shape index (κ1) is 13.7. The standard InChI is InChI=1S/C14H20N2O3/c1-19-12-6-2-5-11(15)13(12)14(18)16-7-3-4-10(8-16)9-17/h2,5-6,10,17H,3-4,7-9,15H2,1H3. The number of piperidine rings is 1. The molecule has 5 nitrogen and oxygen atoms in total. The van der Waals surface area contributed by atoms with Crippen LogP contribution in [0.5, 0.6) is 5.75 Å². The van der Waals surface area contributed by atoms with Crippen molar-refractivity contribution >= 4 is 11.6 Å². The topological polar surface area (TPSA) is 75.8 Å². The minimum absolute atomic E-state index is 0.116. The highest BCUT2D eigenvalue weighted by Gasteiger charge is 2.27. The number of aliphatic hydroxyl groups excluding tert-OH is 1. The van der Waals surface area contributed by atoms with Crippen LogP contribution in [0.2, 0.25) is 0 Å². The van der Waals surface area contributed by atoms with Crippen LogP contribution in [-0.4, -0.2) is 42.7 Å². The Hall–Kier alpha value is -1.75. The smallest absolute Gasteiger partial charge is 0.259 e. The summed E-state index contributed by atoms with van der Waals surface area (Å²) < 4.78 is 5.21. The summed E-state index contributed by atoms with van der Waals surface area (Å²) in [7, 11) is 1.53. The monoisotopic (exact) mass is 264 g/mol. The van der Waals surface area contributed by atoms with Gasteiger partial charge in [0.15, 0.2) is 0 Å². The van der Waals surface area contributed by atoms with E-state index in [1.165, 1.54) is 7.11 Å². The van der Waals surface area contributed by atoms with Gasteiger partial charge in [0.05, 0.1) is 7.11 Å². The van der Waals surface area contributed by atoms with Crippen molar-refractivity contribution < 1.29 is 14.6 Å². The molecule has 0 radical (unpaired) electrons. The van der Waals surface area contributed by atoms with Crippen molar-refractivity contribution in [3.63, 3.8) is 0 Å². The van der Waals surface area contributed by atoms with Crippen molar-refractivity contribution in [1.29, 1.82) is 0 Å². The molecule has 0 saturated carbocycles. The number of nitrogens with two attached hydrogens (primary N) is 1. The highest BCUT2D eigenvalue weighted by molar-refractivity contribution is 6.01. The Labute approximate surface area is 113 Å². The number of amides is 1. The lowest BCUT2D eigenvalue weighted by Gasteiger charge is -2.32. The average molecular weight is 264 g/mol. The molecule has 1 aromatic carbocycles. The number of carbonyl (C=O) groups excluding carboxylic acids is 1. The quantitative estimate of drug-likeness (QED) is 0.802. The predicted octanol–water partition coefficient (Wildman–Crippen LogP) is 1.12. The summed E-state index contributed by atoms with van der Waals surface area (Å²) in [4.78, 5) is 14.3. The maximum absolute atomic E-state index is 12.5. The summed E-state index contributed by atoms with van der Waals surface area (Å²) in [5, 5.41) is 9.23. The van der Waals surface area contributed by atoms with Gasteiger partial charge in [0.25, 0.3) is 5.91 Å². The second-order valence-corrected chi connectivity index (χ2v) is 4.87. The zero-order valence-corrected chi connectivity index (χ0v) is 11.1. The summed E-state index contributed by atoms with van der Waals surface area (Å²) in [6, 6.07) is 5.19. The van der Waals surface area contributed by atoms with Gasteiger partial charge in [-0.25, -0.2) is 0 Å². The van der Waals surface area contributed by atoms with Crippen molar-refractivity contribution in [3.05, 3.63) is 23.8 Å². The van der Waals surface area contributed by atoms with Crippen LogP contribution in [-0.2, 0) is 0 Å². The van der Waals surface area contributed by atoms with Gasteiger partial charge in [-0.05, 0) is 30.9 Å². The Bertz CT molecular complexity index is 462. The van der Waals surface area contributed by atoms with Crippen LogP contribution in [0.1, 0.15) is 23.2 Å². The molecule has 1 atom stereocenters. The van der Waals surface area contributed by atoms with E-state index < -0.39 is 0 Å². The molecular weight excluding hydrogens is 244 g/mol. The maximum Gasteiger partial charge on any atom is 0.259 e. The molecule has 0 aromatic heterocycles. The Kier molecular flexibility index (Phi) is 4.27. The van der Waals surface area contributed by atoms with Crippen LogP contribution < -0.4 is 10.5 Å². The van der Waals surface area contributed by atoms with Crippen molar-refractivity contribution in [2.45, 2.75) is 12.8 Å². The number of carbonyl (C=O) groups is 1. The van der Waals surface area contributed by atoms with Crippen LogP contribution in [0.3, 0.4) is 0 Å². The molecule has 0 bridgehead atoms. The fourth-order valence-electron chi connectivity index (χ4n) is 2.50. The largest absolute Gasteiger partial charge is 0.496 e. The zero-order chi connectivity index (χ0) is 13.8. The summed E-state index contributed by atoms with van der Waals surface area (Å²) in [6.07, 6.45) is 1.87. The number of nitrogen functional groups attached to an aromatic ring is 1. The summed E-state index contributed by atoms with van der Waals surface area (Å²) in [6.45, 7) is 1.39. The van der Waals surface area contributed by atoms with Gasteiger partial charge in [-0.3, -0.25) is 4.79 Å². The van der Waals surface area contributed by atoms with E-state index in [4.69, 9.17) is 10.5 Å². The van der Waals surface area contributed by atoms with Crippen LogP contribution in [0, 0.1) is 5.92 Å². The van der Waals surface area contributed by atoms with Gasteiger partial charge >= 0.3 is 0 Å². The molecule has 1 saturated heterocycles. The molecule has 1 aliphatic heterocycles. The number of methoxy groups -OCH3 is 1. The molecule has 104 valence electrons. The maximum atomic E-state index is 12.5. The first-order chi connectivity index (χ1) is 9.17. The third-order valence-electron chi connectivity index (χ3n) is 3.56. The highest BCUT2D eigenvalue weighted by atomic mass is 16.5. The Balaban J connectivity index is 2.24. The van der Waals surface area contributed by atoms with Crippen molar-refractivity contribution in [2.75, 3.05) is 32.5 Å². The van der Waals surface area contributed by atoms with Gasteiger partial charge in [-0.15, -0.1) is 0 Å². The minimum atomic E-state index is -0.117. The molecule has 1 fully saturated rings. The van der Waals surface area contributed by atoms with Crippen LogP contribution in [0.4, 0.5) is 5.69 Å². The molecule has 1 aliphatic rings. The van der Waals surface area contributed by atoms with E-state index in [2.05, 4.69) is 0 Å². The van der Waals surface area contributed by atoms with Gasteiger partial charge in [0.2, 0.25) is 0 Å². The molecule has 3 N–H and O–H groups in total. The van der Waals surface area contributed by atoms with E-state index in [1.54, 1.807) is 23.1 Å². The molecule has 1 amide bonds. The molecule has 1 unspecified atom stereocenters. The van der Waals surface area contributed by atoms with Gasteiger partial charge in [-0.2, -0.15) is 0 Å². The SMILES string of the molecule is COc1cccc(N)c1C(=O)N1CCCC(CO)C1. The lowest BCUT2D eigenvalue weighted by atomic mass is 9.98. The number of rotatable bonds is 3. The lowest BCUT2D eigenvalue weighted by Crippen LogP contribution is -2.41. The average Bonchev–Trinajstić information content (AvgIpc) is 2.46. The number of ether oxygens (including phenoxy) is 1. The van der Waals surface area contributed by atoms with Crippen molar-refractivity contribution in [3.8, 4) is 5.75 Å². The zero-order valence-electron chi connectivity index (χ0n) is 11.1. The van der Waals surface area contributed by atoms with Gasteiger partial charge < -0.3 is 20.5 Å². The van der Waals surface area contributed by atoms with Gasteiger partial charge in [0, 0.05) is 25.4 Å². The van der Waals surface area contributed by atoms with E-state index in [-0.39, 0.29) is 18.4 Å². The number of hydrogen-bond donors (Lipinski definition) is 2. The normalized spacial score (nSPS) is 19.3. The predicted molar refractivity (Wildman–Crippen MR) is 73.1 cm³/mol. The first-order valence-corrected chi connectivity index (χ1v) is 6.50. The molecule has 0 spiro atoms. The number of benzene rings is 1. The first-order valence-electron chi connectivity index (χ1n) is 6.50. The number of hydrogen-bond acceptors (Lipinski definition) is 4. The molecular formula is C14H20N2O3. The Morgan fingerprint density at radius 3 is 3.05 bits per heavy atom. The van der Waals surface area contributed by atoms with E-state index in [0.29, 0.717) is 30.1 Å².